The number of fused-ring (bicyclic) bond motifs is 2. The summed E-state index contributed by atoms with van der Waals surface area (Å²) in [6.45, 7) is 2.12. The molecule has 3 heterocycles. The van der Waals surface area contributed by atoms with Gasteiger partial charge in [0, 0.05) is 17.6 Å². The predicted octanol–water partition coefficient (Wildman–Crippen LogP) is 4.92. The van der Waals surface area contributed by atoms with Gasteiger partial charge in [-0.1, -0.05) is 35.0 Å². The fraction of sp³-hybridized carbons (Fsp3) is 0.391. The SMILES string of the molecule is Cc1ccc([C@H]2CC3CC[C@H]([C@@H]2c2nc(-c4ccc(F)cc4)no2)N3C)cc1. The number of halogens is 1. The molecule has 0 saturated carbocycles. The van der Waals surface area contributed by atoms with Crippen LogP contribution in [-0.2, 0) is 0 Å². The lowest BCUT2D eigenvalue weighted by Crippen LogP contribution is -2.44. The largest absolute Gasteiger partial charge is 0.339 e. The van der Waals surface area contributed by atoms with E-state index in [-0.39, 0.29) is 11.7 Å². The van der Waals surface area contributed by atoms with Gasteiger partial charge >= 0.3 is 0 Å². The molecule has 4 atom stereocenters. The molecule has 2 bridgehead atoms. The Morgan fingerprint density at radius 1 is 1.04 bits per heavy atom. The summed E-state index contributed by atoms with van der Waals surface area (Å²) in [5.74, 6) is 1.50. The average Bonchev–Trinajstić information content (AvgIpc) is 3.26. The number of rotatable bonds is 3. The Hall–Kier alpha value is -2.53. The van der Waals surface area contributed by atoms with E-state index in [0.29, 0.717) is 29.7 Å². The van der Waals surface area contributed by atoms with Crippen molar-refractivity contribution in [1.82, 2.24) is 15.0 Å². The van der Waals surface area contributed by atoms with Crippen LogP contribution in [0.5, 0.6) is 0 Å². The zero-order valence-corrected chi connectivity index (χ0v) is 16.2. The predicted molar refractivity (Wildman–Crippen MR) is 106 cm³/mol. The maximum Gasteiger partial charge on any atom is 0.232 e. The highest BCUT2D eigenvalue weighted by Gasteiger charge is 2.48. The van der Waals surface area contributed by atoms with E-state index in [1.54, 1.807) is 12.1 Å². The van der Waals surface area contributed by atoms with Gasteiger partial charge in [-0.05, 0) is 69.0 Å². The first-order valence-corrected chi connectivity index (χ1v) is 9.98. The van der Waals surface area contributed by atoms with Gasteiger partial charge in [0.15, 0.2) is 0 Å². The van der Waals surface area contributed by atoms with Crippen LogP contribution >= 0.6 is 0 Å². The summed E-state index contributed by atoms with van der Waals surface area (Å²) in [5.41, 5.74) is 3.39. The Labute approximate surface area is 164 Å². The van der Waals surface area contributed by atoms with Crippen LogP contribution in [0.4, 0.5) is 4.39 Å². The van der Waals surface area contributed by atoms with Gasteiger partial charge in [-0.25, -0.2) is 4.39 Å². The molecule has 28 heavy (non-hydrogen) atoms. The van der Waals surface area contributed by atoms with E-state index in [1.807, 2.05) is 0 Å². The number of hydrogen-bond donors (Lipinski definition) is 0. The van der Waals surface area contributed by atoms with Gasteiger partial charge in [0.1, 0.15) is 5.82 Å². The summed E-state index contributed by atoms with van der Waals surface area (Å²) < 4.78 is 19.0. The number of aromatic nitrogens is 2. The minimum Gasteiger partial charge on any atom is -0.339 e. The van der Waals surface area contributed by atoms with E-state index in [9.17, 15) is 4.39 Å². The molecule has 1 unspecified atom stereocenters. The number of piperidine rings is 1. The molecule has 2 saturated heterocycles. The van der Waals surface area contributed by atoms with Gasteiger partial charge in [-0.3, -0.25) is 4.90 Å². The summed E-state index contributed by atoms with van der Waals surface area (Å²) in [6.07, 6.45) is 3.48. The molecular formula is C23H24FN3O. The maximum atomic E-state index is 13.2. The van der Waals surface area contributed by atoms with Crippen LogP contribution in [0, 0.1) is 12.7 Å². The van der Waals surface area contributed by atoms with Crippen molar-refractivity contribution in [3.8, 4) is 11.4 Å². The molecule has 0 N–H and O–H groups in total. The number of nitrogens with zero attached hydrogens (tertiary/aromatic N) is 3. The lowest BCUT2D eigenvalue weighted by atomic mass is 9.76. The Bertz CT molecular complexity index is 966. The van der Waals surface area contributed by atoms with Crippen molar-refractivity contribution in [3.05, 3.63) is 71.4 Å². The lowest BCUT2D eigenvalue weighted by molar-refractivity contribution is 0.120. The minimum absolute atomic E-state index is 0.174. The van der Waals surface area contributed by atoms with Crippen LogP contribution < -0.4 is 0 Å². The first kappa shape index (κ1) is 17.6. The van der Waals surface area contributed by atoms with Crippen LogP contribution in [0.1, 0.15) is 48.1 Å². The highest BCUT2D eigenvalue weighted by atomic mass is 19.1. The third-order valence-electron chi connectivity index (χ3n) is 6.60. The second-order valence-corrected chi connectivity index (χ2v) is 8.21. The van der Waals surface area contributed by atoms with E-state index in [1.165, 1.54) is 29.7 Å². The van der Waals surface area contributed by atoms with Crippen LogP contribution in [-0.4, -0.2) is 34.2 Å². The number of likely N-dealkylation sites (N-methyl/N-ethyl adjacent to an activating group) is 1. The molecule has 5 rings (SSSR count). The quantitative estimate of drug-likeness (QED) is 0.650. The number of benzene rings is 2. The molecule has 2 aromatic carbocycles. The topological polar surface area (TPSA) is 42.2 Å². The van der Waals surface area contributed by atoms with Crippen molar-refractivity contribution in [2.75, 3.05) is 7.05 Å². The van der Waals surface area contributed by atoms with Gasteiger partial charge in [0.05, 0.1) is 5.92 Å². The summed E-state index contributed by atoms with van der Waals surface area (Å²) >= 11 is 0. The van der Waals surface area contributed by atoms with Crippen LogP contribution in [0.15, 0.2) is 53.1 Å². The Morgan fingerprint density at radius 2 is 1.79 bits per heavy atom. The first-order valence-electron chi connectivity index (χ1n) is 9.98. The normalized spacial score (nSPS) is 27.2. The number of hydrogen-bond acceptors (Lipinski definition) is 4. The zero-order chi connectivity index (χ0) is 19.3. The van der Waals surface area contributed by atoms with Crippen LogP contribution in [0.3, 0.4) is 0 Å². The van der Waals surface area contributed by atoms with Gasteiger partial charge < -0.3 is 4.52 Å². The summed E-state index contributed by atoms with van der Waals surface area (Å²) in [4.78, 5) is 7.25. The smallest absolute Gasteiger partial charge is 0.232 e. The van der Waals surface area contributed by atoms with Crippen molar-refractivity contribution in [2.24, 2.45) is 0 Å². The van der Waals surface area contributed by atoms with Gasteiger partial charge in [-0.15, -0.1) is 0 Å². The van der Waals surface area contributed by atoms with E-state index in [4.69, 9.17) is 9.51 Å². The van der Waals surface area contributed by atoms with Crippen molar-refractivity contribution >= 4 is 0 Å². The minimum atomic E-state index is -0.266. The molecule has 0 spiro atoms. The van der Waals surface area contributed by atoms with Gasteiger partial charge in [0.25, 0.3) is 0 Å². The first-order chi connectivity index (χ1) is 13.6. The molecule has 0 aliphatic carbocycles. The average molecular weight is 377 g/mol. The Morgan fingerprint density at radius 3 is 2.54 bits per heavy atom. The Kier molecular flexibility index (Phi) is 4.27. The van der Waals surface area contributed by atoms with E-state index >= 15 is 0 Å². The Balaban J connectivity index is 1.53. The van der Waals surface area contributed by atoms with E-state index in [2.05, 4.69) is 48.3 Å². The second kappa shape index (κ2) is 6.82. The standard InChI is InChI=1S/C23H24FN3O/c1-14-3-5-15(6-4-14)19-13-18-11-12-20(27(18)2)21(19)23-25-22(26-28-23)16-7-9-17(24)10-8-16/h3-10,18-21H,11-13H2,1-2H3/t18?,19-,20-,21-/m1/s1. The van der Waals surface area contributed by atoms with E-state index < -0.39 is 0 Å². The highest BCUT2D eigenvalue weighted by molar-refractivity contribution is 5.54. The summed E-state index contributed by atoms with van der Waals surface area (Å²) in [6, 6.07) is 16.1. The fourth-order valence-electron chi connectivity index (χ4n) is 5.05. The van der Waals surface area contributed by atoms with Crippen LogP contribution in [0.2, 0.25) is 0 Å². The summed E-state index contributed by atoms with van der Waals surface area (Å²) in [5, 5.41) is 4.21. The molecule has 0 amide bonds. The molecular weight excluding hydrogens is 353 g/mol. The van der Waals surface area contributed by atoms with E-state index in [0.717, 1.165) is 18.4 Å². The molecule has 3 aromatic rings. The van der Waals surface area contributed by atoms with Crippen molar-refractivity contribution in [3.63, 3.8) is 0 Å². The van der Waals surface area contributed by atoms with Crippen molar-refractivity contribution < 1.29 is 8.91 Å². The molecule has 2 aliphatic heterocycles. The van der Waals surface area contributed by atoms with Crippen LogP contribution in [0.25, 0.3) is 11.4 Å². The maximum absolute atomic E-state index is 13.2. The molecule has 2 aliphatic rings. The molecule has 144 valence electrons. The third kappa shape index (κ3) is 2.94. The second-order valence-electron chi connectivity index (χ2n) is 8.21. The molecule has 5 heteroatoms. The van der Waals surface area contributed by atoms with Gasteiger partial charge in [-0.2, -0.15) is 4.98 Å². The van der Waals surface area contributed by atoms with Gasteiger partial charge in [0.2, 0.25) is 11.7 Å². The molecule has 2 fully saturated rings. The molecule has 4 nitrogen and oxygen atoms in total. The zero-order valence-electron chi connectivity index (χ0n) is 16.2. The number of aryl methyl sites for hydroxylation is 1. The highest BCUT2D eigenvalue weighted by Crippen LogP contribution is 2.50. The fourth-order valence-corrected chi connectivity index (χ4v) is 5.05. The lowest BCUT2D eigenvalue weighted by Gasteiger charge is -2.41. The summed E-state index contributed by atoms with van der Waals surface area (Å²) in [7, 11) is 2.22. The van der Waals surface area contributed by atoms with Crippen molar-refractivity contribution in [1.29, 1.82) is 0 Å². The molecule has 0 radical (unpaired) electrons. The molecule has 1 aromatic heterocycles. The van der Waals surface area contributed by atoms with Crippen molar-refractivity contribution in [2.45, 2.75) is 50.1 Å². The monoisotopic (exact) mass is 377 g/mol. The third-order valence-corrected chi connectivity index (χ3v) is 6.60.